The number of benzene rings is 1. The third-order valence-electron chi connectivity index (χ3n) is 3.35. The highest BCUT2D eigenvalue weighted by atomic mass is 16.5. The van der Waals surface area contributed by atoms with Gasteiger partial charge in [0.15, 0.2) is 0 Å². The SMILES string of the molecule is COc1cc(OC)c(C2(C(=O)O)CC2)c(OC)c1. The summed E-state index contributed by atoms with van der Waals surface area (Å²) in [5.74, 6) is 0.718. The molecule has 98 valence electrons. The summed E-state index contributed by atoms with van der Waals surface area (Å²) in [6.45, 7) is 0. The Bertz CT molecular complexity index is 451. The van der Waals surface area contributed by atoms with Crippen LogP contribution in [0.2, 0.25) is 0 Å². The summed E-state index contributed by atoms with van der Waals surface area (Å²) in [4.78, 5) is 11.4. The molecule has 1 N–H and O–H groups in total. The van der Waals surface area contributed by atoms with E-state index in [0.29, 0.717) is 35.7 Å². The number of carboxylic acid groups (broad SMARTS) is 1. The van der Waals surface area contributed by atoms with Gasteiger partial charge in [0.1, 0.15) is 22.7 Å². The van der Waals surface area contributed by atoms with Gasteiger partial charge in [0.2, 0.25) is 0 Å². The predicted octanol–water partition coefficient (Wildman–Crippen LogP) is 1.83. The quantitative estimate of drug-likeness (QED) is 0.866. The molecule has 1 fully saturated rings. The van der Waals surface area contributed by atoms with Crippen molar-refractivity contribution in [2.45, 2.75) is 18.3 Å². The van der Waals surface area contributed by atoms with E-state index >= 15 is 0 Å². The fourth-order valence-corrected chi connectivity index (χ4v) is 2.17. The summed E-state index contributed by atoms with van der Waals surface area (Å²) in [5, 5.41) is 9.38. The maximum Gasteiger partial charge on any atom is 0.314 e. The zero-order chi connectivity index (χ0) is 13.3. The lowest BCUT2D eigenvalue weighted by Gasteiger charge is -2.19. The zero-order valence-corrected chi connectivity index (χ0v) is 10.6. The Balaban J connectivity index is 2.61. The second-order valence-electron chi connectivity index (χ2n) is 4.29. The smallest absolute Gasteiger partial charge is 0.314 e. The summed E-state index contributed by atoms with van der Waals surface area (Å²) < 4.78 is 15.7. The van der Waals surface area contributed by atoms with Crippen molar-refractivity contribution in [2.75, 3.05) is 21.3 Å². The van der Waals surface area contributed by atoms with Crippen molar-refractivity contribution in [3.05, 3.63) is 17.7 Å². The molecule has 0 aromatic heterocycles. The Labute approximate surface area is 105 Å². The normalized spacial score (nSPS) is 15.9. The maximum absolute atomic E-state index is 11.4. The van der Waals surface area contributed by atoms with Crippen LogP contribution in [0.5, 0.6) is 17.2 Å². The standard InChI is InChI=1S/C13H16O5/c1-16-8-6-9(17-2)11(10(7-8)18-3)13(4-5-13)12(14)15/h6-7H,4-5H2,1-3H3,(H,14,15). The molecule has 1 aliphatic rings. The van der Waals surface area contributed by atoms with E-state index in [1.807, 2.05) is 0 Å². The van der Waals surface area contributed by atoms with Gasteiger partial charge in [-0.1, -0.05) is 0 Å². The van der Waals surface area contributed by atoms with Crippen molar-refractivity contribution in [1.29, 1.82) is 0 Å². The Morgan fingerprint density at radius 2 is 1.61 bits per heavy atom. The molecule has 1 aromatic carbocycles. The van der Waals surface area contributed by atoms with Crippen molar-refractivity contribution < 1.29 is 24.1 Å². The van der Waals surface area contributed by atoms with Crippen molar-refractivity contribution in [3.8, 4) is 17.2 Å². The van der Waals surface area contributed by atoms with Crippen molar-refractivity contribution in [2.24, 2.45) is 0 Å². The van der Waals surface area contributed by atoms with E-state index in [9.17, 15) is 9.90 Å². The average Bonchev–Trinajstić information content (AvgIpc) is 3.18. The van der Waals surface area contributed by atoms with Gasteiger partial charge in [-0.2, -0.15) is 0 Å². The molecule has 1 aromatic rings. The largest absolute Gasteiger partial charge is 0.496 e. The molecule has 0 amide bonds. The van der Waals surface area contributed by atoms with E-state index in [1.54, 1.807) is 12.1 Å². The summed E-state index contributed by atoms with van der Waals surface area (Å²) >= 11 is 0. The molecule has 0 heterocycles. The number of ether oxygens (including phenoxy) is 3. The van der Waals surface area contributed by atoms with Crippen LogP contribution in [0.15, 0.2) is 12.1 Å². The molecule has 1 aliphatic carbocycles. The lowest BCUT2D eigenvalue weighted by Crippen LogP contribution is -2.21. The minimum Gasteiger partial charge on any atom is -0.496 e. The first-order valence-electron chi connectivity index (χ1n) is 5.63. The van der Waals surface area contributed by atoms with Crippen LogP contribution in [0.1, 0.15) is 18.4 Å². The maximum atomic E-state index is 11.4. The predicted molar refractivity (Wildman–Crippen MR) is 64.6 cm³/mol. The molecule has 0 aliphatic heterocycles. The molecule has 5 nitrogen and oxygen atoms in total. The summed E-state index contributed by atoms with van der Waals surface area (Å²) in [7, 11) is 4.56. The first kappa shape index (κ1) is 12.5. The molecule has 0 radical (unpaired) electrons. The first-order chi connectivity index (χ1) is 8.58. The fraction of sp³-hybridized carbons (Fsp3) is 0.462. The van der Waals surface area contributed by atoms with E-state index in [2.05, 4.69) is 0 Å². The second-order valence-corrected chi connectivity index (χ2v) is 4.29. The van der Waals surface area contributed by atoms with E-state index in [4.69, 9.17) is 14.2 Å². The third-order valence-corrected chi connectivity index (χ3v) is 3.35. The first-order valence-corrected chi connectivity index (χ1v) is 5.63. The van der Waals surface area contributed by atoms with Gasteiger partial charge in [0, 0.05) is 12.1 Å². The van der Waals surface area contributed by atoms with Crippen LogP contribution in [-0.4, -0.2) is 32.4 Å². The topological polar surface area (TPSA) is 65.0 Å². The molecule has 2 rings (SSSR count). The summed E-state index contributed by atoms with van der Waals surface area (Å²) in [5.41, 5.74) is -0.274. The lowest BCUT2D eigenvalue weighted by molar-refractivity contribution is -0.140. The van der Waals surface area contributed by atoms with Gasteiger partial charge >= 0.3 is 5.97 Å². The molecule has 0 unspecified atom stereocenters. The molecular weight excluding hydrogens is 236 g/mol. The average molecular weight is 252 g/mol. The Kier molecular flexibility index (Phi) is 3.07. The Morgan fingerprint density at radius 3 is 1.89 bits per heavy atom. The van der Waals surface area contributed by atoms with Crippen LogP contribution in [0.25, 0.3) is 0 Å². The van der Waals surface area contributed by atoms with Crippen LogP contribution in [-0.2, 0) is 10.2 Å². The highest BCUT2D eigenvalue weighted by Crippen LogP contribution is 2.55. The lowest BCUT2D eigenvalue weighted by atomic mass is 9.93. The number of hydrogen-bond donors (Lipinski definition) is 1. The van der Waals surface area contributed by atoms with E-state index in [-0.39, 0.29) is 0 Å². The fourth-order valence-electron chi connectivity index (χ4n) is 2.17. The molecule has 0 spiro atoms. The van der Waals surface area contributed by atoms with Gasteiger partial charge in [-0.25, -0.2) is 0 Å². The molecule has 1 saturated carbocycles. The van der Waals surface area contributed by atoms with Gasteiger partial charge in [0.25, 0.3) is 0 Å². The summed E-state index contributed by atoms with van der Waals surface area (Å²) in [6.07, 6.45) is 1.20. The van der Waals surface area contributed by atoms with Gasteiger partial charge in [-0.05, 0) is 12.8 Å². The number of methoxy groups -OCH3 is 3. The Morgan fingerprint density at radius 1 is 1.11 bits per heavy atom. The van der Waals surface area contributed by atoms with E-state index in [0.717, 1.165) is 0 Å². The molecule has 0 saturated heterocycles. The van der Waals surface area contributed by atoms with Gasteiger partial charge in [-0.15, -0.1) is 0 Å². The molecule has 18 heavy (non-hydrogen) atoms. The van der Waals surface area contributed by atoms with Crippen LogP contribution in [0, 0.1) is 0 Å². The van der Waals surface area contributed by atoms with Gasteiger partial charge < -0.3 is 19.3 Å². The van der Waals surface area contributed by atoms with Crippen molar-refractivity contribution in [3.63, 3.8) is 0 Å². The third kappa shape index (κ3) is 1.75. The minimum absolute atomic E-state index is 0.492. The van der Waals surface area contributed by atoms with Gasteiger partial charge in [-0.3, -0.25) is 4.79 Å². The monoisotopic (exact) mass is 252 g/mol. The van der Waals surface area contributed by atoms with Gasteiger partial charge in [0.05, 0.1) is 26.9 Å². The number of aliphatic carboxylic acids is 1. The Hall–Kier alpha value is -1.91. The zero-order valence-electron chi connectivity index (χ0n) is 10.6. The number of carbonyl (C=O) groups is 1. The molecular formula is C13H16O5. The summed E-state index contributed by atoms with van der Waals surface area (Å²) in [6, 6.07) is 3.36. The number of carboxylic acids is 1. The van der Waals surface area contributed by atoms with E-state index in [1.165, 1.54) is 21.3 Å². The highest BCUT2D eigenvalue weighted by Gasteiger charge is 2.55. The van der Waals surface area contributed by atoms with Crippen molar-refractivity contribution in [1.82, 2.24) is 0 Å². The molecule has 5 heteroatoms. The molecule has 0 bridgehead atoms. The van der Waals surface area contributed by atoms with Crippen LogP contribution in [0.3, 0.4) is 0 Å². The number of rotatable bonds is 5. The van der Waals surface area contributed by atoms with Crippen LogP contribution in [0.4, 0.5) is 0 Å². The van der Waals surface area contributed by atoms with Crippen molar-refractivity contribution >= 4 is 5.97 Å². The highest BCUT2D eigenvalue weighted by molar-refractivity contribution is 5.87. The van der Waals surface area contributed by atoms with E-state index < -0.39 is 11.4 Å². The van der Waals surface area contributed by atoms with Crippen LogP contribution < -0.4 is 14.2 Å². The minimum atomic E-state index is -0.872. The number of hydrogen-bond acceptors (Lipinski definition) is 4. The second kappa shape index (κ2) is 4.40. The van der Waals surface area contributed by atoms with Crippen LogP contribution >= 0.6 is 0 Å². The molecule has 0 atom stereocenters.